The summed E-state index contributed by atoms with van der Waals surface area (Å²) in [5.41, 5.74) is 6.87. The number of nitrogens with two attached hydrogens (primary N) is 1. The van der Waals surface area contributed by atoms with E-state index in [9.17, 15) is 13.2 Å². The quantitative estimate of drug-likeness (QED) is 0.707. The number of hydrogen-bond donors (Lipinski definition) is 1. The molecule has 1 atom stereocenters. The Morgan fingerprint density at radius 2 is 2.00 bits per heavy atom. The van der Waals surface area contributed by atoms with Crippen molar-refractivity contribution in [2.45, 2.75) is 31.5 Å². The maximum absolute atomic E-state index is 12.4. The minimum Gasteiger partial charge on any atom is -0.324 e. The molecule has 1 aromatic rings. The Labute approximate surface area is 86.1 Å². The van der Waals surface area contributed by atoms with Crippen molar-refractivity contribution >= 4 is 0 Å². The highest BCUT2D eigenvalue weighted by Gasteiger charge is 2.31. The lowest BCUT2D eigenvalue weighted by Gasteiger charge is -2.23. The third kappa shape index (κ3) is 2.00. The number of aryl methyl sites for hydroxylation is 1. The fraction of sp³-hybridized carbons (Fsp3) is 0.455. The number of halogens is 3. The number of hydrogen-bond acceptors (Lipinski definition) is 1. The monoisotopic (exact) mass is 215 g/mol. The number of rotatable bonds is 0. The zero-order valence-electron chi connectivity index (χ0n) is 8.14. The van der Waals surface area contributed by atoms with Gasteiger partial charge in [-0.15, -0.1) is 0 Å². The number of alkyl halides is 3. The zero-order chi connectivity index (χ0) is 11.1. The molecule has 0 saturated carbocycles. The molecule has 0 unspecified atom stereocenters. The van der Waals surface area contributed by atoms with E-state index in [4.69, 9.17) is 5.73 Å². The average Bonchev–Trinajstić information content (AvgIpc) is 2.16. The molecular weight excluding hydrogens is 203 g/mol. The van der Waals surface area contributed by atoms with Crippen molar-refractivity contribution in [1.82, 2.24) is 0 Å². The van der Waals surface area contributed by atoms with Crippen LogP contribution >= 0.6 is 0 Å². The molecule has 4 heteroatoms. The molecule has 0 bridgehead atoms. The lowest BCUT2D eigenvalue weighted by molar-refractivity contribution is -0.137. The Morgan fingerprint density at radius 3 is 2.67 bits per heavy atom. The van der Waals surface area contributed by atoms with Gasteiger partial charge in [-0.25, -0.2) is 0 Å². The summed E-state index contributed by atoms with van der Waals surface area (Å²) in [5, 5.41) is 0. The van der Waals surface area contributed by atoms with Crippen molar-refractivity contribution in [1.29, 1.82) is 0 Å². The summed E-state index contributed by atoms with van der Waals surface area (Å²) < 4.78 is 37.3. The molecule has 1 aromatic carbocycles. The molecule has 0 radical (unpaired) electrons. The van der Waals surface area contributed by atoms with Gasteiger partial charge in [0.05, 0.1) is 5.56 Å². The van der Waals surface area contributed by atoms with Crippen molar-refractivity contribution < 1.29 is 13.2 Å². The number of fused-ring (bicyclic) bond motifs is 1. The second-order valence-electron chi connectivity index (χ2n) is 3.91. The van der Waals surface area contributed by atoms with E-state index >= 15 is 0 Å². The van der Waals surface area contributed by atoms with Crippen molar-refractivity contribution in [3.63, 3.8) is 0 Å². The van der Waals surface area contributed by atoms with Gasteiger partial charge in [0.2, 0.25) is 0 Å². The highest BCUT2D eigenvalue weighted by molar-refractivity contribution is 5.36. The molecular formula is C11H12F3N. The molecule has 0 heterocycles. The van der Waals surface area contributed by atoms with Gasteiger partial charge in [-0.1, -0.05) is 6.07 Å². The molecule has 0 fully saturated rings. The Hall–Kier alpha value is -1.03. The van der Waals surface area contributed by atoms with E-state index in [-0.39, 0.29) is 6.04 Å². The second-order valence-corrected chi connectivity index (χ2v) is 3.91. The van der Waals surface area contributed by atoms with Gasteiger partial charge in [-0.3, -0.25) is 0 Å². The van der Waals surface area contributed by atoms with Gasteiger partial charge < -0.3 is 5.73 Å². The summed E-state index contributed by atoms with van der Waals surface area (Å²) in [5.74, 6) is 0. The molecule has 15 heavy (non-hydrogen) atoms. The fourth-order valence-corrected chi connectivity index (χ4v) is 2.03. The van der Waals surface area contributed by atoms with Crippen LogP contribution in [0.15, 0.2) is 18.2 Å². The minimum absolute atomic E-state index is 0.101. The smallest absolute Gasteiger partial charge is 0.324 e. The van der Waals surface area contributed by atoms with Gasteiger partial charge in [0, 0.05) is 6.04 Å². The Kier molecular flexibility index (Phi) is 2.46. The van der Waals surface area contributed by atoms with Crippen molar-refractivity contribution in [3.05, 3.63) is 34.9 Å². The van der Waals surface area contributed by atoms with E-state index in [0.29, 0.717) is 6.42 Å². The zero-order valence-corrected chi connectivity index (χ0v) is 8.14. The lowest BCUT2D eigenvalue weighted by Crippen LogP contribution is -2.18. The number of benzene rings is 1. The lowest BCUT2D eigenvalue weighted by atomic mass is 9.87. The summed E-state index contributed by atoms with van der Waals surface area (Å²) in [6, 6.07) is 3.76. The van der Waals surface area contributed by atoms with Crippen LogP contribution in [0, 0.1) is 0 Å². The molecule has 0 aliphatic heterocycles. The second kappa shape index (κ2) is 3.52. The summed E-state index contributed by atoms with van der Waals surface area (Å²) in [7, 11) is 0. The van der Waals surface area contributed by atoms with Crippen LogP contribution in [0.4, 0.5) is 13.2 Å². The first-order valence-electron chi connectivity index (χ1n) is 4.94. The van der Waals surface area contributed by atoms with Crippen LogP contribution in [0.25, 0.3) is 0 Å². The van der Waals surface area contributed by atoms with Crippen molar-refractivity contribution in [3.8, 4) is 0 Å². The highest BCUT2D eigenvalue weighted by atomic mass is 19.4. The Bertz CT molecular complexity index is 371. The van der Waals surface area contributed by atoms with Crippen LogP contribution in [-0.2, 0) is 12.6 Å². The largest absolute Gasteiger partial charge is 0.416 e. The van der Waals surface area contributed by atoms with E-state index < -0.39 is 11.7 Å². The SMILES string of the molecule is N[C@@H]1CCCc2cc(C(F)(F)F)ccc21. The summed E-state index contributed by atoms with van der Waals surface area (Å²) in [4.78, 5) is 0. The normalized spacial score (nSPS) is 21.2. The van der Waals surface area contributed by atoms with Gasteiger partial charge in [0.25, 0.3) is 0 Å². The van der Waals surface area contributed by atoms with Crippen LogP contribution in [0.1, 0.15) is 35.6 Å². The van der Waals surface area contributed by atoms with Gasteiger partial charge in [-0.2, -0.15) is 13.2 Å². The van der Waals surface area contributed by atoms with Gasteiger partial charge in [0.1, 0.15) is 0 Å². The Morgan fingerprint density at radius 1 is 1.27 bits per heavy atom. The molecule has 2 rings (SSSR count). The first-order chi connectivity index (χ1) is 6.98. The van der Waals surface area contributed by atoms with Gasteiger partial charge in [-0.05, 0) is 42.5 Å². The third-order valence-corrected chi connectivity index (χ3v) is 2.83. The minimum atomic E-state index is -4.25. The fourth-order valence-electron chi connectivity index (χ4n) is 2.03. The molecule has 2 N–H and O–H groups in total. The van der Waals surface area contributed by atoms with E-state index in [0.717, 1.165) is 30.0 Å². The topological polar surface area (TPSA) is 26.0 Å². The first kappa shape index (κ1) is 10.5. The van der Waals surface area contributed by atoms with E-state index in [1.54, 1.807) is 0 Å². The summed E-state index contributed by atoms with van der Waals surface area (Å²) in [6.45, 7) is 0. The maximum Gasteiger partial charge on any atom is 0.416 e. The van der Waals surface area contributed by atoms with Crippen LogP contribution in [0.5, 0.6) is 0 Å². The molecule has 0 amide bonds. The molecule has 0 spiro atoms. The molecule has 0 aromatic heterocycles. The average molecular weight is 215 g/mol. The van der Waals surface area contributed by atoms with E-state index in [2.05, 4.69) is 0 Å². The van der Waals surface area contributed by atoms with Crippen LogP contribution in [-0.4, -0.2) is 0 Å². The molecule has 1 nitrogen and oxygen atoms in total. The predicted molar refractivity (Wildman–Crippen MR) is 51.3 cm³/mol. The third-order valence-electron chi connectivity index (χ3n) is 2.83. The molecule has 0 saturated heterocycles. The van der Waals surface area contributed by atoms with E-state index in [1.165, 1.54) is 12.1 Å². The van der Waals surface area contributed by atoms with Gasteiger partial charge in [0.15, 0.2) is 0 Å². The predicted octanol–water partition coefficient (Wildman–Crippen LogP) is 3.04. The van der Waals surface area contributed by atoms with Crippen molar-refractivity contribution in [2.75, 3.05) is 0 Å². The van der Waals surface area contributed by atoms with Crippen LogP contribution in [0.2, 0.25) is 0 Å². The summed E-state index contributed by atoms with van der Waals surface area (Å²) in [6.07, 6.45) is -1.82. The van der Waals surface area contributed by atoms with E-state index in [1.807, 2.05) is 0 Å². The highest BCUT2D eigenvalue weighted by Crippen LogP contribution is 2.34. The van der Waals surface area contributed by atoms with Crippen molar-refractivity contribution in [2.24, 2.45) is 5.73 Å². The Balaban J connectivity index is 2.42. The molecule has 1 aliphatic carbocycles. The summed E-state index contributed by atoms with van der Waals surface area (Å²) >= 11 is 0. The standard InChI is InChI=1S/C11H12F3N/c12-11(13,14)8-4-5-9-7(6-8)2-1-3-10(9)15/h4-6,10H,1-3,15H2/t10-/m1/s1. The van der Waals surface area contributed by atoms with Crippen LogP contribution in [0.3, 0.4) is 0 Å². The van der Waals surface area contributed by atoms with Gasteiger partial charge >= 0.3 is 6.18 Å². The molecule has 1 aliphatic rings. The van der Waals surface area contributed by atoms with Crippen LogP contribution < -0.4 is 5.73 Å². The molecule has 82 valence electrons. The maximum atomic E-state index is 12.4. The first-order valence-corrected chi connectivity index (χ1v) is 4.94.